The molecular formula is C14H19F3N4O2. The normalized spacial score (nSPS) is 29.4. The van der Waals surface area contributed by atoms with E-state index in [1.807, 2.05) is 0 Å². The molecule has 0 radical (unpaired) electrons. The van der Waals surface area contributed by atoms with Gasteiger partial charge in [0.15, 0.2) is 0 Å². The van der Waals surface area contributed by atoms with Gasteiger partial charge in [0.05, 0.1) is 30.3 Å². The zero-order valence-electron chi connectivity index (χ0n) is 12.7. The molecule has 3 rings (SSSR count). The van der Waals surface area contributed by atoms with Crippen molar-refractivity contribution >= 4 is 5.91 Å². The molecule has 1 aromatic rings. The first-order chi connectivity index (χ1) is 10.8. The molecule has 1 aliphatic heterocycles. The summed E-state index contributed by atoms with van der Waals surface area (Å²) in [6, 6.07) is 0. The number of ether oxygens (including phenoxy) is 1. The Balaban J connectivity index is 1.59. The monoisotopic (exact) mass is 332 g/mol. The summed E-state index contributed by atoms with van der Waals surface area (Å²) < 4.78 is 46.1. The van der Waals surface area contributed by atoms with E-state index in [1.165, 1.54) is 6.20 Å². The standard InChI is InChI=1S/C14H19F3N4O2/c1-23-3-2-21-5-10(4-20-21)11(22)19-8-12-6-13(12,9-18-7-12)14(15,16)17/h4-5,18H,2-3,6-9H2,1H3,(H,19,22)/t12-,13-/m1/s1. The quantitative estimate of drug-likeness (QED) is 0.809. The molecule has 9 heteroatoms. The number of nitrogens with zero attached hydrogens (tertiary/aromatic N) is 2. The summed E-state index contributed by atoms with van der Waals surface area (Å²) in [5.41, 5.74) is -2.26. The Morgan fingerprint density at radius 1 is 1.52 bits per heavy atom. The summed E-state index contributed by atoms with van der Waals surface area (Å²) >= 11 is 0. The number of halogens is 3. The zero-order valence-corrected chi connectivity index (χ0v) is 12.7. The lowest BCUT2D eigenvalue weighted by molar-refractivity contribution is -0.190. The van der Waals surface area contributed by atoms with Crippen molar-refractivity contribution in [3.8, 4) is 0 Å². The molecule has 6 nitrogen and oxygen atoms in total. The molecule has 0 unspecified atom stereocenters. The summed E-state index contributed by atoms with van der Waals surface area (Å²) in [6.07, 6.45) is -1.21. The number of hydrogen-bond acceptors (Lipinski definition) is 4. The van der Waals surface area contributed by atoms with E-state index >= 15 is 0 Å². The third-order valence-electron chi connectivity index (χ3n) is 4.97. The molecule has 1 aromatic heterocycles. The van der Waals surface area contributed by atoms with Crippen LogP contribution < -0.4 is 10.6 Å². The van der Waals surface area contributed by atoms with E-state index in [-0.39, 0.29) is 26.1 Å². The number of fused-ring (bicyclic) bond motifs is 1. The van der Waals surface area contributed by atoms with Gasteiger partial charge < -0.3 is 15.4 Å². The van der Waals surface area contributed by atoms with Crippen LogP contribution in [0.4, 0.5) is 13.2 Å². The van der Waals surface area contributed by atoms with E-state index < -0.39 is 22.9 Å². The molecule has 1 amide bonds. The molecule has 1 saturated carbocycles. The van der Waals surface area contributed by atoms with Crippen LogP contribution >= 0.6 is 0 Å². The van der Waals surface area contributed by atoms with Crippen molar-refractivity contribution in [2.75, 3.05) is 33.4 Å². The van der Waals surface area contributed by atoms with E-state index in [0.29, 0.717) is 18.7 Å². The second kappa shape index (κ2) is 5.48. The summed E-state index contributed by atoms with van der Waals surface area (Å²) in [5, 5.41) is 9.44. The van der Waals surface area contributed by atoms with Gasteiger partial charge in [0.1, 0.15) is 0 Å². The van der Waals surface area contributed by atoms with Crippen molar-refractivity contribution < 1.29 is 22.7 Å². The van der Waals surface area contributed by atoms with Crippen molar-refractivity contribution in [3.63, 3.8) is 0 Å². The molecule has 2 N–H and O–H groups in total. The fourth-order valence-corrected chi connectivity index (χ4v) is 3.47. The average molecular weight is 332 g/mol. The first-order valence-corrected chi connectivity index (χ1v) is 7.41. The zero-order chi connectivity index (χ0) is 16.7. The highest BCUT2D eigenvalue weighted by Gasteiger charge is 2.81. The maximum absolute atomic E-state index is 13.2. The van der Waals surface area contributed by atoms with Crippen LogP contribution in [0.25, 0.3) is 0 Å². The Morgan fingerprint density at radius 2 is 2.30 bits per heavy atom. The lowest BCUT2D eigenvalue weighted by Gasteiger charge is -2.20. The van der Waals surface area contributed by atoms with Crippen molar-refractivity contribution in [1.82, 2.24) is 20.4 Å². The molecule has 2 fully saturated rings. The summed E-state index contributed by atoms with van der Waals surface area (Å²) in [7, 11) is 1.56. The van der Waals surface area contributed by atoms with Crippen LogP contribution in [-0.4, -0.2) is 55.2 Å². The number of rotatable bonds is 6. The fraction of sp³-hybridized carbons (Fsp3) is 0.714. The number of hydrogen-bond donors (Lipinski definition) is 2. The van der Waals surface area contributed by atoms with Crippen LogP contribution in [0.3, 0.4) is 0 Å². The van der Waals surface area contributed by atoms with E-state index in [2.05, 4.69) is 15.7 Å². The Bertz CT molecular complexity index is 603. The third kappa shape index (κ3) is 2.61. The van der Waals surface area contributed by atoms with E-state index in [9.17, 15) is 18.0 Å². The van der Waals surface area contributed by atoms with Crippen molar-refractivity contribution in [2.24, 2.45) is 10.8 Å². The number of alkyl halides is 3. The number of aromatic nitrogens is 2. The SMILES string of the molecule is COCCn1cc(C(=O)NC[C@@]23CNC[C@]2(C(F)(F)F)C3)cn1. The van der Waals surface area contributed by atoms with Crippen LogP contribution in [-0.2, 0) is 11.3 Å². The van der Waals surface area contributed by atoms with Crippen LogP contribution in [0, 0.1) is 10.8 Å². The second-order valence-electron chi connectivity index (χ2n) is 6.31. The molecule has 128 valence electrons. The van der Waals surface area contributed by atoms with Gasteiger partial charge in [0.25, 0.3) is 5.91 Å². The maximum atomic E-state index is 13.2. The van der Waals surface area contributed by atoms with Gasteiger partial charge in [-0.1, -0.05) is 0 Å². The highest BCUT2D eigenvalue weighted by Crippen LogP contribution is 2.72. The van der Waals surface area contributed by atoms with Crippen molar-refractivity contribution in [3.05, 3.63) is 18.0 Å². The minimum atomic E-state index is -4.24. The summed E-state index contributed by atoms with van der Waals surface area (Å²) in [6.45, 7) is 1.20. The molecule has 0 spiro atoms. The first-order valence-electron chi connectivity index (χ1n) is 7.41. The number of piperidine rings is 1. The fourth-order valence-electron chi connectivity index (χ4n) is 3.47. The largest absolute Gasteiger partial charge is 0.396 e. The molecule has 1 aliphatic carbocycles. The minimum absolute atomic E-state index is 0.0155. The first kappa shape index (κ1) is 16.3. The molecule has 23 heavy (non-hydrogen) atoms. The van der Waals surface area contributed by atoms with Gasteiger partial charge >= 0.3 is 6.18 Å². The van der Waals surface area contributed by atoms with E-state index in [4.69, 9.17) is 4.74 Å². The Hall–Kier alpha value is -1.61. The minimum Gasteiger partial charge on any atom is -0.383 e. The highest BCUT2D eigenvalue weighted by atomic mass is 19.4. The third-order valence-corrected chi connectivity index (χ3v) is 4.97. The van der Waals surface area contributed by atoms with Gasteiger partial charge in [-0.3, -0.25) is 9.48 Å². The van der Waals surface area contributed by atoms with Crippen LogP contribution in [0.15, 0.2) is 12.4 Å². The predicted octanol–water partition coefficient (Wildman–Crippen LogP) is 0.801. The molecule has 0 aromatic carbocycles. The summed E-state index contributed by atoms with van der Waals surface area (Å²) in [4.78, 5) is 12.1. The highest BCUT2D eigenvalue weighted by molar-refractivity contribution is 5.93. The van der Waals surface area contributed by atoms with Crippen LogP contribution in [0.1, 0.15) is 16.8 Å². The molecule has 2 atom stereocenters. The molecule has 0 bridgehead atoms. The smallest absolute Gasteiger partial charge is 0.383 e. The van der Waals surface area contributed by atoms with Gasteiger partial charge in [-0.05, 0) is 6.42 Å². The Kier molecular flexibility index (Phi) is 3.88. The Morgan fingerprint density at radius 3 is 2.96 bits per heavy atom. The lowest BCUT2D eigenvalue weighted by atomic mass is 9.95. The van der Waals surface area contributed by atoms with Gasteiger partial charge in [0.2, 0.25) is 0 Å². The van der Waals surface area contributed by atoms with Gasteiger partial charge in [-0.15, -0.1) is 0 Å². The number of carbonyl (C=O) groups excluding carboxylic acids is 1. The van der Waals surface area contributed by atoms with Crippen molar-refractivity contribution in [1.29, 1.82) is 0 Å². The van der Waals surface area contributed by atoms with Gasteiger partial charge in [0, 0.05) is 38.4 Å². The number of amides is 1. The number of nitrogens with one attached hydrogen (secondary N) is 2. The molecule has 2 heterocycles. The number of methoxy groups -OCH3 is 1. The topological polar surface area (TPSA) is 68.2 Å². The van der Waals surface area contributed by atoms with E-state index in [1.54, 1.807) is 18.0 Å². The van der Waals surface area contributed by atoms with Crippen LogP contribution in [0.5, 0.6) is 0 Å². The van der Waals surface area contributed by atoms with Crippen LogP contribution in [0.2, 0.25) is 0 Å². The second-order valence-corrected chi connectivity index (χ2v) is 6.31. The predicted molar refractivity (Wildman–Crippen MR) is 74.8 cm³/mol. The van der Waals surface area contributed by atoms with Gasteiger partial charge in [-0.2, -0.15) is 18.3 Å². The lowest BCUT2D eigenvalue weighted by Crippen LogP contribution is -2.37. The van der Waals surface area contributed by atoms with Gasteiger partial charge in [-0.25, -0.2) is 0 Å². The van der Waals surface area contributed by atoms with E-state index in [0.717, 1.165) is 0 Å². The van der Waals surface area contributed by atoms with Crippen molar-refractivity contribution in [2.45, 2.75) is 19.1 Å². The Labute approximate surface area is 131 Å². The average Bonchev–Trinajstić information content (AvgIpc) is 2.85. The number of carbonyl (C=O) groups is 1. The molecule has 1 saturated heterocycles. The molecule has 2 aliphatic rings. The molecular weight excluding hydrogens is 313 g/mol. The summed E-state index contributed by atoms with van der Waals surface area (Å²) in [5.74, 6) is -0.405. The maximum Gasteiger partial charge on any atom is 0.396 e.